The Kier molecular flexibility index (Phi) is 4.23. The summed E-state index contributed by atoms with van der Waals surface area (Å²) >= 11 is 1.59. The van der Waals surface area contributed by atoms with Crippen LogP contribution >= 0.6 is 11.8 Å². The number of hydrogen-bond acceptors (Lipinski definition) is 3. The SMILES string of the molecule is CC(C)SC(C)(C)C(C=O)NC(=O)C1(F)CC1. The summed E-state index contributed by atoms with van der Waals surface area (Å²) in [7, 11) is 0. The second kappa shape index (κ2) is 4.96. The van der Waals surface area contributed by atoms with Crippen LogP contribution in [0, 0.1) is 0 Å². The third kappa shape index (κ3) is 3.69. The molecule has 1 unspecified atom stereocenters. The van der Waals surface area contributed by atoms with Gasteiger partial charge in [-0.25, -0.2) is 4.39 Å². The molecule has 0 radical (unpaired) electrons. The lowest BCUT2D eigenvalue weighted by atomic mass is 10.0. The van der Waals surface area contributed by atoms with Crippen LogP contribution in [0.15, 0.2) is 0 Å². The highest BCUT2D eigenvalue weighted by Crippen LogP contribution is 2.40. The van der Waals surface area contributed by atoms with Gasteiger partial charge in [-0.2, -0.15) is 11.8 Å². The first-order chi connectivity index (χ1) is 7.71. The van der Waals surface area contributed by atoms with E-state index in [1.165, 1.54) is 0 Å². The molecule has 1 amide bonds. The predicted octanol–water partition coefficient (Wildman–Crippen LogP) is 2.09. The van der Waals surface area contributed by atoms with Crippen LogP contribution in [-0.4, -0.2) is 33.9 Å². The number of nitrogens with one attached hydrogen (secondary N) is 1. The molecule has 1 N–H and O–H groups in total. The van der Waals surface area contributed by atoms with Gasteiger partial charge in [0.15, 0.2) is 5.67 Å². The molecule has 0 heterocycles. The van der Waals surface area contributed by atoms with Crippen molar-refractivity contribution in [2.45, 2.75) is 62.2 Å². The maximum Gasteiger partial charge on any atom is 0.258 e. The fraction of sp³-hybridized carbons (Fsp3) is 0.833. The molecule has 98 valence electrons. The average Bonchev–Trinajstić information content (AvgIpc) is 2.91. The van der Waals surface area contributed by atoms with Crippen molar-refractivity contribution in [3.05, 3.63) is 0 Å². The van der Waals surface area contributed by atoms with Gasteiger partial charge in [-0.05, 0) is 31.9 Å². The Labute approximate surface area is 106 Å². The topological polar surface area (TPSA) is 46.2 Å². The minimum absolute atomic E-state index is 0.266. The van der Waals surface area contributed by atoms with Gasteiger partial charge < -0.3 is 10.1 Å². The minimum atomic E-state index is -1.72. The molecule has 1 aliphatic carbocycles. The molecule has 17 heavy (non-hydrogen) atoms. The third-order valence-electron chi connectivity index (χ3n) is 2.81. The van der Waals surface area contributed by atoms with Crippen LogP contribution in [0.2, 0.25) is 0 Å². The Hall–Kier alpha value is -0.580. The van der Waals surface area contributed by atoms with Crippen LogP contribution in [0.5, 0.6) is 0 Å². The summed E-state index contributed by atoms with van der Waals surface area (Å²) in [5, 5.41) is 2.85. The van der Waals surface area contributed by atoms with Gasteiger partial charge in [0.1, 0.15) is 6.29 Å². The van der Waals surface area contributed by atoms with Crippen molar-refractivity contribution in [2.75, 3.05) is 0 Å². The van der Waals surface area contributed by atoms with Gasteiger partial charge in [-0.1, -0.05) is 13.8 Å². The van der Waals surface area contributed by atoms with Crippen molar-refractivity contribution in [3.63, 3.8) is 0 Å². The maximum atomic E-state index is 13.5. The van der Waals surface area contributed by atoms with Crippen molar-refractivity contribution in [1.82, 2.24) is 5.32 Å². The molecule has 0 saturated heterocycles. The number of halogens is 1. The molecule has 1 aliphatic rings. The number of alkyl halides is 1. The Bertz CT molecular complexity index is 314. The Morgan fingerprint density at radius 1 is 1.47 bits per heavy atom. The predicted molar refractivity (Wildman–Crippen MR) is 67.9 cm³/mol. The largest absolute Gasteiger partial charge is 0.342 e. The molecule has 1 atom stereocenters. The first kappa shape index (κ1) is 14.5. The van der Waals surface area contributed by atoms with E-state index in [4.69, 9.17) is 0 Å². The van der Waals surface area contributed by atoms with Gasteiger partial charge in [0.2, 0.25) is 0 Å². The monoisotopic (exact) mass is 261 g/mol. The standard InChI is InChI=1S/C12H20FNO2S/c1-8(2)17-11(3,4)9(7-15)14-10(16)12(13)5-6-12/h7-9H,5-6H2,1-4H3,(H,14,16). The first-order valence-electron chi connectivity index (χ1n) is 5.84. The van der Waals surface area contributed by atoms with E-state index in [2.05, 4.69) is 5.32 Å². The van der Waals surface area contributed by atoms with Crippen molar-refractivity contribution in [2.24, 2.45) is 0 Å². The second-order valence-electron chi connectivity index (χ2n) is 5.32. The number of thioether (sulfide) groups is 1. The maximum absolute atomic E-state index is 13.5. The van der Waals surface area contributed by atoms with E-state index in [0.717, 1.165) is 0 Å². The van der Waals surface area contributed by atoms with Crippen molar-refractivity contribution in [3.8, 4) is 0 Å². The average molecular weight is 261 g/mol. The van der Waals surface area contributed by atoms with Crippen LogP contribution in [0.4, 0.5) is 4.39 Å². The molecule has 1 saturated carbocycles. The highest BCUT2D eigenvalue weighted by Gasteiger charge is 2.52. The summed E-state index contributed by atoms with van der Waals surface area (Å²) in [5.41, 5.74) is -1.72. The van der Waals surface area contributed by atoms with E-state index in [9.17, 15) is 14.0 Å². The summed E-state index contributed by atoms with van der Waals surface area (Å²) in [6.07, 6.45) is 1.23. The molecule has 0 aromatic carbocycles. The molecule has 0 spiro atoms. The summed E-state index contributed by atoms with van der Waals surface area (Å²) in [6, 6.07) is -0.657. The van der Waals surface area contributed by atoms with Crippen LogP contribution < -0.4 is 5.32 Å². The smallest absolute Gasteiger partial charge is 0.258 e. The van der Waals surface area contributed by atoms with Crippen molar-refractivity contribution >= 4 is 24.0 Å². The summed E-state index contributed by atoms with van der Waals surface area (Å²) < 4.78 is 13.1. The minimum Gasteiger partial charge on any atom is -0.342 e. The molecular formula is C12H20FNO2S. The first-order valence-corrected chi connectivity index (χ1v) is 6.72. The van der Waals surface area contributed by atoms with Gasteiger partial charge in [0, 0.05) is 4.75 Å². The molecule has 3 nitrogen and oxygen atoms in total. The summed E-state index contributed by atoms with van der Waals surface area (Å²) in [6.45, 7) is 7.81. The van der Waals surface area contributed by atoms with E-state index in [0.29, 0.717) is 11.5 Å². The van der Waals surface area contributed by atoms with Gasteiger partial charge in [0.25, 0.3) is 5.91 Å². The van der Waals surface area contributed by atoms with Gasteiger partial charge >= 0.3 is 0 Å². The van der Waals surface area contributed by atoms with Crippen LogP contribution in [0.1, 0.15) is 40.5 Å². The van der Waals surface area contributed by atoms with Gasteiger partial charge in [0.05, 0.1) is 6.04 Å². The van der Waals surface area contributed by atoms with E-state index < -0.39 is 22.4 Å². The molecule has 1 fully saturated rings. The summed E-state index contributed by atoms with van der Waals surface area (Å²) in [5.74, 6) is -0.646. The number of carbonyl (C=O) groups excluding carboxylic acids is 2. The molecule has 0 aliphatic heterocycles. The molecule has 0 aromatic heterocycles. The van der Waals surface area contributed by atoms with Gasteiger partial charge in [-0.3, -0.25) is 4.79 Å². The van der Waals surface area contributed by atoms with E-state index in [1.807, 2.05) is 27.7 Å². The Morgan fingerprint density at radius 2 is 2.00 bits per heavy atom. The zero-order valence-electron chi connectivity index (χ0n) is 10.7. The quantitative estimate of drug-likeness (QED) is 0.745. The van der Waals surface area contributed by atoms with Gasteiger partial charge in [-0.15, -0.1) is 0 Å². The number of aldehydes is 1. The fourth-order valence-corrected chi connectivity index (χ4v) is 3.14. The lowest BCUT2D eigenvalue weighted by Gasteiger charge is -2.32. The highest BCUT2D eigenvalue weighted by atomic mass is 32.2. The normalized spacial score (nSPS) is 19.9. The molecular weight excluding hydrogens is 241 g/mol. The van der Waals surface area contributed by atoms with Crippen LogP contribution in [0.3, 0.4) is 0 Å². The lowest BCUT2D eigenvalue weighted by Crippen LogP contribution is -2.51. The number of rotatable bonds is 6. The van der Waals surface area contributed by atoms with Crippen molar-refractivity contribution < 1.29 is 14.0 Å². The highest BCUT2D eigenvalue weighted by molar-refractivity contribution is 8.01. The Balaban J connectivity index is 2.64. The number of amides is 1. The van der Waals surface area contributed by atoms with Crippen LogP contribution in [-0.2, 0) is 9.59 Å². The molecule has 1 rings (SSSR count). The molecule has 0 bridgehead atoms. The van der Waals surface area contributed by atoms with Crippen molar-refractivity contribution in [1.29, 1.82) is 0 Å². The summed E-state index contributed by atoms with van der Waals surface area (Å²) in [4.78, 5) is 22.6. The second-order valence-corrected chi connectivity index (χ2v) is 7.55. The third-order valence-corrected chi connectivity index (χ3v) is 4.14. The Morgan fingerprint density at radius 3 is 2.35 bits per heavy atom. The molecule has 0 aromatic rings. The number of hydrogen-bond donors (Lipinski definition) is 1. The van der Waals surface area contributed by atoms with E-state index in [1.54, 1.807) is 11.8 Å². The van der Waals surface area contributed by atoms with Crippen LogP contribution in [0.25, 0.3) is 0 Å². The molecule has 5 heteroatoms. The number of carbonyl (C=O) groups is 2. The van der Waals surface area contributed by atoms with E-state index >= 15 is 0 Å². The van der Waals surface area contributed by atoms with E-state index in [-0.39, 0.29) is 12.8 Å². The lowest BCUT2D eigenvalue weighted by molar-refractivity contribution is -0.130. The fourth-order valence-electron chi connectivity index (χ4n) is 1.66. The zero-order valence-corrected chi connectivity index (χ0v) is 11.6. The zero-order chi connectivity index (χ0) is 13.3.